The Hall–Kier alpha value is -0.240. The molecule has 0 bridgehead atoms. The van der Waals surface area contributed by atoms with Crippen LogP contribution < -0.4 is 5.56 Å². The van der Waals surface area contributed by atoms with Gasteiger partial charge in [-0.15, -0.1) is 0 Å². The summed E-state index contributed by atoms with van der Waals surface area (Å²) in [5.41, 5.74) is -0.246. The Bertz CT molecular complexity index is 415. The third-order valence-electron chi connectivity index (χ3n) is 2.35. The minimum absolute atomic E-state index is 0.152. The second kappa shape index (κ2) is 4.73. The number of halogens is 1. The maximum Gasteiger partial charge on any atom is 0.268 e. The number of nitrogens with zero attached hydrogens (tertiary/aromatic N) is 1. The Morgan fingerprint density at radius 1 is 1.53 bits per heavy atom. The highest BCUT2D eigenvalue weighted by atomic mass is 127. The van der Waals surface area contributed by atoms with Crippen LogP contribution in [-0.4, -0.2) is 20.8 Å². The van der Waals surface area contributed by atoms with Crippen LogP contribution in [0.25, 0.3) is 0 Å². The van der Waals surface area contributed by atoms with Gasteiger partial charge in [0.2, 0.25) is 5.88 Å². The van der Waals surface area contributed by atoms with E-state index in [-0.39, 0.29) is 20.3 Å². The SMILES string of the molecule is O=c1[nH]c(C2CCCCS2)nc(O)c1I. The molecular weight excluding hydrogens is 327 g/mol. The van der Waals surface area contributed by atoms with E-state index in [9.17, 15) is 9.90 Å². The smallest absolute Gasteiger partial charge is 0.268 e. The van der Waals surface area contributed by atoms with Gasteiger partial charge in [0.25, 0.3) is 5.56 Å². The third-order valence-corrected chi connectivity index (χ3v) is 4.71. The average Bonchev–Trinajstić information content (AvgIpc) is 2.26. The molecule has 1 unspecified atom stereocenters. The molecule has 15 heavy (non-hydrogen) atoms. The first-order valence-corrected chi connectivity index (χ1v) is 6.91. The number of H-pyrrole nitrogens is 1. The fraction of sp³-hybridized carbons (Fsp3) is 0.556. The van der Waals surface area contributed by atoms with Crippen molar-refractivity contribution in [1.82, 2.24) is 9.97 Å². The molecule has 0 radical (unpaired) electrons. The predicted molar refractivity (Wildman–Crippen MR) is 68.3 cm³/mol. The minimum Gasteiger partial charge on any atom is -0.492 e. The summed E-state index contributed by atoms with van der Waals surface area (Å²) < 4.78 is 0.261. The van der Waals surface area contributed by atoms with E-state index in [2.05, 4.69) is 9.97 Å². The molecule has 2 N–H and O–H groups in total. The molecule has 1 aliphatic rings. The summed E-state index contributed by atoms with van der Waals surface area (Å²) in [5.74, 6) is 1.56. The molecule has 6 heteroatoms. The molecule has 4 nitrogen and oxygen atoms in total. The molecule has 0 saturated carbocycles. The number of aromatic hydroxyl groups is 1. The van der Waals surface area contributed by atoms with Crippen molar-refractivity contribution in [3.8, 4) is 5.88 Å². The van der Waals surface area contributed by atoms with Crippen molar-refractivity contribution in [2.24, 2.45) is 0 Å². The molecule has 0 aromatic carbocycles. The molecular formula is C9H11IN2O2S. The summed E-state index contributed by atoms with van der Waals surface area (Å²) in [6, 6.07) is 0. The topological polar surface area (TPSA) is 66.0 Å². The lowest BCUT2D eigenvalue weighted by Gasteiger charge is -2.20. The van der Waals surface area contributed by atoms with Crippen molar-refractivity contribution in [1.29, 1.82) is 0 Å². The first-order chi connectivity index (χ1) is 7.18. The number of thioether (sulfide) groups is 1. The summed E-state index contributed by atoms with van der Waals surface area (Å²) in [4.78, 5) is 18.2. The third kappa shape index (κ3) is 2.47. The number of aromatic nitrogens is 2. The molecule has 1 aromatic rings. The highest BCUT2D eigenvalue weighted by Crippen LogP contribution is 2.36. The normalized spacial score (nSPS) is 21.5. The van der Waals surface area contributed by atoms with Crippen molar-refractivity contribution < 1.29 is 5.11 Å². The van der Waals surface area contributed by atoms with Gasteiger partial charge in [-0.05, 0) is 41.2 Å². The van der Waals surface area contributed by atoms with E-state index in [0.29, 0.717) is 5.82 Å². The number of hydrogen-bond donors (Lipinski definition) is 2. The van der Waals surface area contributed by atoms with Crippen molar-refractivity contribution >= 4 is 34.4 Å². The van der Waals surface area contributed by atoms with E-state index < -0.39 is 0 Å². The number of rotatable bonds is 1. The fourth-order valence-corrected chi connectivity index (χ4v) is 3.09. The minimum atomic E-state index is -0.246. The van der Waals surface area contributed by atoms with E-state index in [4.69, 9.17) is 0 Å². The Morgan fingerprint density at radius 3 is 2.93 bits per heavy atom. The van der Waals surface area contributed by atoms with Crippen LogP contribution >= 0.6 is 34.4 Å². The van der Waals surface area contributed by atoms with Crippen LogP contribution in [0.4, 0.5) is 0 Å². The van der Waals surface area contributed by atoms with Gasteiger partial charge in [-0.1, -0.05) is 6.42 Å². The van der Waals surface area contributed by atoms with E-state index >= 15 is 0 Å². The van der Waals surface area contributed by atoms with Gasteiger partial charge in [-0.25, -0.2) is 0 Å². The van der Waals surface area contributed by atoms with Crippen LogP contribution in [0.3, 0.4) is 0 Å². The molecule has 1 fully saturated rings. The van der Waals surface area contributed by atoms with Crippen LogP contribution in [0.1, 0.15) is 30.3 Å². The van der Waals surface area contributed by atoms with Crippen LogP contribution in [0, 0.1) is 3.57 Å². The molecule has 2 heterocycles. The molecule has 1 aromatic heterocycles. The van der Waals surface area contributed by atoms with Crippen molar-refractivity contribution in [3.05, 3.63) is 19.7 Å². The van der Waals surface area contributed by atoms with Crippen molar-refractivity contribution in [2.45, 2.75) is 24.5 Å². The van der Waals surface area contributed by atoms with Gasteiger partial charge < -0.3 is 10.1 Å². The van der Waals surface area contributed by atoms with Crippen LogP contribution in [0.5, 0.6) is 5.88 Å². The molecule has 0 aliphatic carbocycles. The predicted octanol–water partition coefficient (Wildman–Crippen LogP) is 2.04. The Balaban J connectivity index is 2.32. The maximum atomic E-state index is 11.4. The number of aromatic amines is 1. The monoisotopic (exact) mass is 338 g/mol. The zero-order valence-electron chi connectivity index (χ0n) is 7.99. The summed E-state index contributed by atoms with van der Waals surface area (Å²) in [5, 5.41) is 9.69. The number of nitrogens with one attached hydrogen (secondary N) is 1. The molecule has 1 atom stereocenters. The quantitative estimate of drug-likeness (QED) is 0.769. The van der Waals surface area contributed by atoms with Crippen molar-refractivity contribution in [2.75, 3.05) is 5.75 Å². The van der Waals surface area contributed by atoms with Crippen LogP contribution in [0.2, 0.25) is 0 Å². The summed E-state index contributed by atoms with van der Waals surface area (Å²) >= 11 is 3.59. The van der Waals surface area contributed by atoms with Gasteiger partial charge in [0, 0.05) is 0 Å². The summed E-state index contributed by atoms with van der Waals surface area (Å²) in [6.45, 7) is 0. The van der Waals surface area contributed by atoms with E-state index in [0.717, 1.165) is 18.6 Å². The lowest BCUT2D eigenvalue weighted by molar-refractivity contribution is 0.441. The molecule has 82 valence electrons. The van der Waals surface area contributed by atoms with Gasteiger partial charge >= 0.3 is 0 Å². The molecule has 0 spiro atoms. The van der Waals surface area contributed by atoms with Crippen LogP contribution in [-0.2, 0) is 0 Å². The van der Waals surface area contributed by atoms with Crippen LogP contribution in [0.15, 0.2) is 4.79 Å². The zero-order valence-corrected chi connectivity index (χ0v) is 11.0. The van der Waals surface area contributed by atoms with E-state index in [1.54, 1.807) is 34.4 Å². The second-order valence-electron chi connectivity index (χ2n) is 3.44. The van der Waals surface area contributed by atoms with Crippen molar-refractivity contribution in [3.63, 3.8) is 0 Å². The molecule has 2 rings (SSSR count). The Labute approximate surface area is 105 Å². The molecule has 1 aliphatic heterocycles. The Morgan fingerprint density at radius 2 is 2.33 bits per heavy atom. The first-order valence-electron chi connectivity index (χ1n) is 4.79. The molecule has 1 saturated heterocycles. The first kappa shape index (κ1) is 11.3. The van der Waals surface area contributed by atoms with Gasteiger partial charge in [-0.3, -0.25) is 4.79 Å². The lowest BCUT2D eigenvalue weighted by atomic mass is 10.2. The summed E-state index contributed by atoms with van der Waals surface area (Å²) in [7, 11) is 0. The van der Waals surface area contributed by atoms with Gasteiger partial charge in [0.15, 0.2) is 0 Å². The number of hydrogen-bond acceptors (Lipinski definition) is 4. The largest absolute Gasteiger partial charge is 0.492 e. The standard InChI is InChI=1S/C9H11IN2O2S/c10-6-8(13)11-7(12-9(6)14)5-3-1-2-4-15-5/h5H,1-4H2,(H2,11,12,13,14). The van der Waals surface area contributed by atoms with Gasteiger partial charge in [0.05, 0.1) is 5.25 Å². The highest BCUT2D eigenvalue weighted by Gasteiger charge is 2.20. The van der Waals surface area contributed by atoms with E-state index in [1.807, 2.05) is 0 Å². The maximum absolute atomic E-state index is 11.4. The van der Waals surface area contributed by atoms with Gasteiger partial charge in [-0.2, -0.15) is 16.7 Å². The average molecular weight is 338 g/mol. The fourth-order valence-electron chi connectivity index (χ4n) is 1.57. The summed E-state index contributed by atoms with van der Waals surface area (Å²) in [6.07, 6.45) is 3.41. The van der Waals surface area contributed by atoms with Gasteiger partial charge in [0.1, 0.15) is 9.39 Å². The second-order valence-corrected chi connectivity index (χ2v) is 5.83. The Kier molecular flexibility index (Phi) is 3.55. The molecule has 0 amide bonds. The van der Waals surface area contributed by atoms with E-state index in [1.165, 1.54) is 6.42 Å². The lowest BCUT2D eigenvalue weighted by Crippen LogP contribution is -2.17. The highest BCUT2D eigenvalue weighted by molar-refractivity contribution is 14.1. The zero-order chi connectivity index (χ0) is 10.8.